The van der Waals surface area contributed by atoms with E-state index in [1.165, 1.54) is 13.1 Å². The second-order valence-corrected chi connectivity index (χ2v) is 7.00. The van der Waals surface area contributed by atoms with Crippen LogP contribution in [0.15, 0.2) is 24.3 Å². The summed E-state index contributed by atoms with van der Waals surface area (Å²) in [7, 11) is 3.88. The van der Waals surface area contributed by atoms with E-state index < -0.39 is 0 Å². The standard InChI is InChI=1S/C19H27N3O/c1-21-10-12-22(13-11-21)17-6-8-19(15-20,9-7-17)16-4-3-5-18(14-16)23-2/h3-5,14,17H,6-13H2,1-2H3. The summed E-state index contributed by atoms with van der Waals surface area (Å²) in [6.45, 7) is 4.66. The minimum atomic E-state index is -0.336. The molecule has 0 aromatic heterocycles. The highest BCUT2D eigenvalue weighted by Gasteiger charge is 2.39. The first-order chi connectivity index (χ1) is 11.2. The van der Waals surface area contributed by atoms with Crippen molar-refractivity contribution in [3.8, 4) is 11.8 Å². The number of hydrogen-bond acceptors (Lipinski definition) is 4. The van der Waals surface area contributed by atoms with E-state index >= 15 is 0 Å². The van der Waals surface area contributed by atoms with Gasteiger partial charge in [-0.2, -0.15) is 5.26 Å². The average Bonchev–Trinajstić information content (AvgIpc) is 2.62. The molecule has 1 aromatic carbocycles. The third kappa shape index (κ3) is 3.36. The van der Waals surface area contributed by atoms with Gasteiger partial charge in [0.2, 0.25) is 0 Å². The third-order valence-electron chi connectivity index (χ3n) is 5.70. The topological polar surface area (TPSA) is 39.5 Å². The van der Waals surface area contributed by atoms with Gasteiger partial charge in [0.25, 0.3) is 0 Å². The van der Waals surface area contributed by atoms with Crippen LogP contribution in [-0.4, -0.2) is 56.2 Å². The van der Waals surface area contributed by atoms with Crippen LogP contribution in [0.2, 0.25) is 0 Å². The number of nitriles is 1. The average molecular weight is 313 g/mol. The summed E-state index contributed by atoms with van der Waals surface area (Å²) in [5, 5.41) is 9.88. The second-order valence-electron chi connectivity index (χ2n) is 7.00. The monoisotopic (exact) mass is 313 g/mol. The Kier molecular flexibility index (Phi) is 4.89. The van der Waals surface area contributed by atoms with E-state index in [-0.39, 0.29) is 5.41 Å². The molecule has 3 rings (SSSR count). The van der Waals surface area contributed by atoms with Gasteiger partial charge < -0.3 is 9.64 Å². The second kappa shape index (κ2) is 6.90. The molecule has 1 aromatic rings. The van der Waals surface area contributed by atoms with Crippen molar-refractivity contribution < 1.29 is 4.74 Å². The zero-order chi connectivity index (χ0) is 16.3. The Morgan fingerprint density at radius 2 is 1.87 bits per heavy atom. The minimum absolute atomic E-state index is 0.336. The van der Waals surface area contributed by atoms with Crippen molar-refractivity contribution in [1.82, 2.24) is 9.80 Å². The van der Waals surface area contributed by atoms with Gasteiger partial charge in [0.05, 0.1) is 18.6 Å². The number of piperazine rings is 1. The molecule has 23 heavy (non-hydrogen) atoms. The van der Waals surface area contributed by atoms with Gasteiger partial charge in [-0.3, -0.25) is 4.90 Å². The molecule has 0 N–H and O–H groups in total. The van der Waals surface area contributed by atoms with E-state index in [2.05, 4.69) is 29.0 Å². The third-order valence-corrected chi connectivity index (χ3v) is 5.70. The van der Waals surface area contributed by atoms with Crippen LogP contribution in [0, 0.1) is 11.3 Å². The Labute approximate surface area is 139 Å². The van der Waals surface area contributed by atoms with Gasteiger partial charge in [-0.25, -0.2) is 0 Å². The van der Waals surface area contributed by atoms with Gasteiger partial charge in [0.15, 0.2) is 0 Å². The van der Waals surface area contributed by atoms with Gasteiger partial charge in [-0.05, 0) is 50.4 Å². The molecular formula is C19H27N3O. The van der Waals surface area contributed by atoms with Crippen LogP contribution >= 0.6 is 0 Å². The molecule has 0 amide bonds. The first-order valence-electron chi connectivity index (χ1n) is 8.65. The van der Waals surface area contributed by atoms with E-state index in [0.717, 1.165) is 50.1 Å². The van der Waals surface area contributed by atoms with Crippen LogP contribution in [-0.2, 0) is 5.41 Å². The molecule has 1 heterocycles. The molecule has 2 aliphatic rings. The molecule has 0 unspecified atom stereocenters. The Hall–Kier alpha value is -1.57. The Bertz CT molecular complexity index is 564. The minimum Gasteiger partial charge on any atom is -0.497 e. The highest BCUT2D eigenvalue weighted by atomic mass is 16.5. The fourth-order valence-electron chi connectivity index (χ4n) is 4.03. The number of nitrogens with zero attached hydrogens (tertiary/aromatic N) is 3. The summed E-state index contributed by atoms with van der Waals surface area (Å²) in [6.07, 6.45) is 4.14. The van der Waals surface area contributed by atoms with Crippen LogP contribution in [0.25, 0.3) is 0 Å². The van der Waals surface area contributed by atoms with Gasteiger partial charge in [0.1, 0.15) is 5.75 Å². The van der Waals surface area contributed by atoms with Crippen molar-refractivity contribution in [2.45, 2.75) is 37.1 Å². The molecule has 124 valence electrons. The molecule has 0 atom stereocenters. The van der Waals surface area contributed by atoms with Crippen molar-refractivity contribution in [2.75, 3.05) is 40.3 Å². The first kappa shape index (κ1) is 16.3. The normalized spacial score (nSPS) is 29.9. The van der Waals surface area contributed by atoms with E-state index in [4.69, 9.17) is 4.74 Å². The maximum Gasteiger partial charge on any atom is 0.119 e. The SMILES string of the molecule is COc1cccc(C2(C#N)CCC(N3CCN(C)CC3)CC2)c1. The zero-order valence-corrected chi connectivity index (χ0v) is 14.3. The van der Waals surface area contributed by atoms with Gasteiger partial charge in [-0.1, -0.05) is 12.1 Å². The summed E-state index contributed by atoms with van der Waals surface area (Å²) < 4.78 is 5.34. The number of rotatable bonds is 3. The van der Waals surface area contributed by atoms with E-state index in [9.17, 15) is 5.26 Å². The lowest BCUT2D eigenvalue weighted by Gasteiger charge is -2.43. The maximum absolute atomic E-state index is 9.88. The lowest BCUT2D eigenvalue weighted by molar-refractivity contribution is 0.0817. The predicted molar refractivity (Wildman–Crippen MR) is 91.6 cm³/mol. The summed E-state index contributed by atoms with van der Waals surface area (Å²) in [6, 6.07) is 11.4. The van der Waals surface area contributed by atoms with Crippen LogP contribution < -0.4 is 4.74 Å². The summed E-state index contributed by atoms with van der Waals surface area (Å²) in [5.41, 5.74) is 0.786. The van der Waals surface area contributed by atoms with Crippen molar-refractivity contribution in [1.29, 1.82) is 5.26 Å². The van der Waals surface area contributed by atoms with Crippen LogP contribution in [0.1, 0.15) is 31.2 Å². The van der Waals surface area contributed by atoms with Crippen molar-refractivity contribution in [2.24, 2.45) is 0 Å². The Morgan fingerprint density at radius 1 is 1.17 bits per heavy atom. The molecule has 1 aliphatic heterocycles. The van der Waals surface area contributed by atoms with Gasteiger partial charge in [-0.15, -0.1) is 0 Å². The maximum atomic E-state index is 9.88. The highest BCUT2D eigenvalue weighted by Crippen LogP contribution is 2.41. The number of ether oxygens (including phenoxy) is 1. The largest absolute Gasteiger partial charge is 0.497 e. The van der Waals surface area contributed by atoms with Crippen molar-refractivity contribution in [3.63, 3.8) is 0 Å². The quantitative estimate of drug-likeness (QED) is 0.860. The molecular weight excluding hydrogens is 286 g/mol. The molecule has 1 saturated heterocycles. The molecule has 4 heteroatoms. The van der Waals surface area contributed by atoms with Gasteiger partial charge in [0, 0.05) is 32.2 Å². The Balaban J connectivity index is 1.69. The lowest BCUT2D eigenvalue weighted by atomic mass is 9.69. The highest BCUT2D eigenvalue weighted by molar-refractivity contribution is 5.38. The molecule has 1 aliphatic carbocycles. The van der Waals surface area contributed by atoms with E-state index in [1.807, 2.05) is 18.2 Å². The molecule has 2 fully saturated rings. The number of likely N-dealkylation sites (N-methyl/N-ethyl adjacent to an activating group) is 1. The fraction of sp³-hybridized carbons (Fsp3) is 0.632. The predicted octanol–water partition coefficient (Wildman–Crippen LogP) is 2.65. The fourth-order valence-corrected chi connectivity index (χ4v) is 4.03. The summed E-state index contributed by atoms with van der Waals surface area (Å²) in [4.78, 5) is 5.03. The van der Waals surface area contributed by atoms with Crippen molar-refractivity contribution >= 4 is 0 Å². The zero-order valence-electron chi connectivity index (χ0n) is 14.3. The van der Waals surface area contributed by atoms with Crippen molar-refractivity contribution in [3.05, 3.63) is 29.8 Å². The number of benzene rings is 1. The smallest absolute Gasteiger partial charge is 0.119 e. The molecule has 0 radical (unpaired) electrons. The van der Waals surface area contributed by atoms with Gasteiger partial charge >= 0.3 is 0 Å². The number of hydrogen-bond donors (Lipinski definition) is 0. The van der Waals surface area contributed by atoms with E-state index in [1.54, 1.807) is 7.11 Å². The van der Waals surface area contributed by atoms with E-state index in [0.29, 0.717) is 6.04 Å². The lowest BCUT2D eigenvalue weighted by Crippen LogP contribution is -2.51. The van der Waals surface area contributed by atoms with Crippen LogP contribution in [0.4, 0.5) is 0 Å². The number of methoxy groups -OCH3 is 1. The molecule has 0 bridgehead atoms. The molecule has 1 saturated carbocycles. The molecule has 0 spiro atoms. The Morgan fingerprint density at radius 3 is 2.48 bits per heavy atom. The molecule has 4 nitrogen and oxygen atoms in total. The van der Waals surface area contributed by atoms with Crippen LogP contribution in [0.5, 0.6) is 5.75 Å². The summed E-state index contributed by atoms with van der Waals surface area (Å²) in [5.74, 6) is 0.846. The first-order valence-corrected chi connectivity index (χ1v) is 8.65. The summed E-state index contributed by atoms with van der Waals surface area (Å²) >= 11 is 0. The van der Waals surface area contributed by atoms with Crippen LogP contribution in [0.3, 0.4) is 0 Å².